The Morgan fingerprint density at radius 2 is 1.59 bits per heavy atom. The number of rotatable bonds is 12. The molecule has 0 spiro atoms. The molecule has 5 heteroatoms. The molecular formula is C34H40N2O3. The highest BCUT2D eigenvalue weighted by atomic mass is 16.5. The molecule has 204 valence electrons. The zero-order valence-electron chi connectivity index (χ0n) is 23.1. The summed E-state index contributed by atoms with van der Waals surface area (Å²) in [5.74, 6) is 2.13. The van der Waals surface area contributed by atoms with E-state index in [2.05, 4.69) is 16.4 Å². The summed E-state index contributed by atoms with van der Waals surface area (Å²) in [6.07, 6.45) is 18.5. The fourth-order valence-electron chi connectivity index (χ4n) is 5.40. The molecular weight excluding hydrogens is 484 g/mol. The lowest BCUT2D eigenvalue weighted by molar-refractivity contribution is -0.117. The van der Waals surface area contributed by atoms with E-state index in [0.29, 0.717) is 5.92 Å². The number of methoxy groups -OCH3 is 2. The molecule has 0 unspecified atom stereocenters. The predicted octanol–water partition coefficient (Wildman–Crippen LogP) is 7.17. The van der Waals surface area contributed by atoms with Crippen LogP contribution in [0.15, 0.2) is 91.3 Å². The van der Waals surface area contributed by atoms with Gasteiger partial charge in [-0.05, 0) is 90.6 Å². The van der Waals surface area contributed by atoms with E-state index in [1.807, 2.05) is 79.1 Å². The molecule has 1 atom stereocenters. The van der Waals surface area contributed by atoms with Crippen molar-refractivity contribution >= 4 is 11.5 Å². The monoisotopic (exact) mass is 524 g/mol. The number of nitrogens with zero attached hydrogens (tertiary/aromatic N) is 1. The summed E-state index contributed by atoms with van der Waals surface area (Å²) in [5.41, 5.74) is 4.36. The first-order chi connectivity index (χ1) is 19.2. The van der Waals surface area contributed by atoms with Gasteiger partial charge in [-0.25, -0.2) is 0 Å². The van der Waals surface area contributed by atoms with Gasteiger partial charge < -0.3 is 14.8 Å². The Bertz CT molecular complexity index is 1160. The molecule has 0 bridgehead atoms. The van der Waals surface area contributed by atoms with Gasteiger partial charge in [-0.2, -0.15) is 0 Å². The van der Waals surface area contributed by atoms with Gasteiger partial charge in [0, 0.05) is 24.5 Å². The molecule has 1 N–H and O–H groups in total. The minimum atomic E-state index is -0.0352. The normalized spacial score (nSPS) is 14.5. The van der Waals surface area contributed by atoms with Gasteiger partial charge in [0.15, 0.2) is 0 Å². The zero-order valence-corrected chi connectivity index (χ0v) is 23.1. The SMILES string of the molecule is COc1ccc(C(=CC=CC(=O)N[C@H](CCCc2cccnc2)C2CCCCC2)c2ccc(OC)cc2)cc1. The smallest absolute Gasteiger partial charge is 0.244 e. The second-order valence-electron chi connectivity index (χ2n) is 10.2. The summed E-state index contributed by atoms with van der Waals surface area (Å²) in [6.45, 7) is 0. The van der Waals surface area contributed by atoms with Crippen LogP contribution in [0.4, 0.5) is 0 Å². The van der Waals surface area contributed by atoms with Gasteiger partial charge in [0.2, 0.25) is 5.91 Å². The molecule has 1 saturated carbocycles. The third-order valence-electron chi connectivity index (χ3n) is 7.56. The van der Waals surface area contributed by atoms with Crippen molar-refractivity contribution in [2.24, 2.45) is 5.92 Å². The molecule has 3 aromatic rings. The number of ether oxygens (including phenoxy) is 2. The van der Waals surface area contributed by atoms with Crippen LogP contribution < -0.4 is 14.8 Å². The van der Waals surface area contributed by atoms with Crippen molar-refractivity contribution in [3.8, 4) is 11.5 Å². The van der Waals surface area contributed by atoms with Crippen LogP contribution in [0.3, 0.4) is 0 Å². The van der Waals surface area contributed by atoms with Crippen molar-refractivity contribution in [2.75, 3.05) is 14.2 Å². The van der Waals surface area contributed by atoms with E-state index < -0.39 is 0 Å². The lowest BCUT2D eigenvalue weighted by Gasteiger charge is -2.31. The summed E-state index contributed by atoms with van der Waals surface area (Å²) < 4.78 is 10.7. The summed E-state index contributed by atoms with van der Waals surface area (Å²) in [4.78, 5) is 17.3. The van der Waals surface area contributed by atoms with Crippen LogP contribution in [-0.2, 0) is 11.2 Å². The first kappa shape index (κ1) is 28.2. The third-order valence-corrected chi connectivity index (χ3v) is 7.56. The molecule has 1 aromatic heterocycles. The number of carbonyl (C=O) groups excluding carboxylic acids is 1. The molecule has 4 rings (SSSR count). The largest absolute Gasteiger partial charge is 0.497 e. The third kappa shape index (κ3) is 8.57. The number of nitrogens with one attached hydrogen (secondary N) is 1. The second kappa shape index (κ2) is 14.9. The van der Waals surface area contributed by atoms with Crippen LogP contribution >= 0.6 is 0 Å². The van der Waals surface area contributed by atoms with Crippen LogP contribution in [0, 0.1) is 5.92 Å². The molecule has 5 nitrogen and oxygen atoms in total. The average Bonchev–Trinajstić information content (AvgIpc) is 3.00. The van der Waals surface area contributed by atoms with Crippen LogP contribution in [0.1, 0.15) is 61.6 Å². The Balaban J connectivity index is 1.46. The van der Waals surface area contributed by atoms with Crippen molar-refractivity contribution in [2.45, 2.75) is 57.4 Å². The van der Waals surface area contributed by atoms with Gasteiger partial charge in [0.25, 0.3) is 0 Å². The van der Waals surface area contributed by atoms with Gasteiger partial charge in [0.05, 0.1) is 14.2 Å². The number of amides is 1. The quantitative estimate of drug-likeness (QED) is 0.201. The lowest BCUT2D eigenvalue weighted by atomic mass is 9.82. The molecule has 1 aliphatic rings. The highest BCUT2D eigenvalue weighted by Gasteiger charge is 2.24. The predicted molar refractivity (Wildman–Crippen MR) is 158 cm³/mol. The van der Waals surface area contributed by atoms with E-state index in [1.165, 1.54) is 37.7 Å². The maximum absolute atomic E-state index is 13.1. The van der Waals surface area contributed by atoms with Gasteiger partial charge in [-0.3, -0.25) is 9.78 Å². The van der Waals surface area contributed by atoms with Crippen molar-refractivity contribution in [1.82, 2.24) is 10.3 Å². The minimum absolute atomic E-state index is 0.0352. The standard InChI is InChI=1S/C34H40N2O3/c1-38-30-20-16-27(17-21-30)32(28-18-22-31(39-2)23-19-28)13-7-15-34(37)36-33(29-11-4-3-5-12-29)14-6-9-26-10-8-24-35-25-26/h7-8,10,13,15-25,29,33H,3-6,9,11-12,14H2,1-2H3,(H,36,37)/t33-/m1/s1. The number of hydrogen-bond donors (Lipinski definition) is 1. The van der Waals surface area contributed by atoms with E-state index in [1.54, 1.807) is 20.3 Å². The Labute approximate surface area is 233 Å². The summed E-state index contributed by atoms with van der Waals surface area (Å²) >= 11 is 0. The average molecular weight is 525 g/mol. The summed E-state index contributed by atoms with van der Waals surface area (Å²) in [6, 6.07) is 20.2. The summed E-state index contributed by atoms with van der Waals surface area (Å²) in [7, 11) is 3.33. The van der Waals surface area contributed by atoms with Gasteiger partial charge >= 0.3 is 0 Å². The first-order valence-electron chi connectivity index (χ1n) is 14.0. The molecule has 39 heavy (non-hydrogen) atoms. The fourth-order valence-corrected chi connectivity index (χ4v) is 5.40. The molecule has 2 aromatic carbocycles. The van der Waals surface area contributed by atoms with Crippen LogP contribution in [0.25, 0.3) is 5.57 Å². The summed E-state index contributed by atoms with van der Waals surface area (Å²) in [5, 5.41) is 3.35. The Kier molecular flexibility index (Phi) is 10.8. The van der Waals surface area contributed by atoms with Gasteiger partial charge in [-0.15, -0.1) is 0 Å². The van der Waals surface area contributed by atoms with E-state index in [-0.39, 0.29) is 11.9 Å². The van der Waals surface area contributed by atoms with Crippen molar-refractivity contribution in [1.29, 1.82) is 0 Å². The van der Waals surface area contributed by atoms with Crippen LogP contribution in [0.5, 0.6) is 11.5 Å². The fraction of sp³-hybridized carbons (Fsp3) is 0.353. The number of carbonyl (C=O) groups is 1. The molecule has 1 fully saturated rings. The number of benzene rings is 2. The molecule has 1 heterocycles. The van der Waals surface area contributed by atoms with Crippen molar-refractivity contribution in [3.05, 3.63) is 108 Å². The Morgan fingerprint density at radius 1 is 0.949 bits per heavy atom. The number of allylic oxidation sites excluding steroid dienone is 2. The lowest BCUT2D eigenvalue weighted by Crippen LogP contribution is -2.40. The van der Waals surface area contributed by atoms with Gasteiger partial charge in [-0.1, -0.05) is 61.7 Å². The highest BCUT2D eigenvalue weighted by Crippen LogP contribution is 2.29. The maximum Gasteiger partial charge on any atom is 0.244 e. The number of pyridine rings is 1. The van der Waals surface area contributed by atoms with Crippen molar-refractivity contribution in [3.63, 3.8) is 0 Å². The van der Waals surface area contributed by atoms with Crippen LogP contribution in [0.2, 0.25) is 0 Å². The van der Waals surface area contributed by atoms with E-state index in [0.717, 1.165) is 47.5 Å². The molecule has 0 aliphatic heterocycles. The minimum Gasteiger partial charge on any atom is -0.497 e. The van der Waals surface area contributed by atoms with Gasteiger partial charge in [0.1, 0.15) is 11.5 Å². The van der Waals surface area contributed by atoms with Crippen molar-refractivity contribution < 1.29 is 14.3 Å². The Morgan fingerprint density at radius 3 is 2.15 bits per heavy atom. The molecule has 0 radical (unpaired) electrons. The highest BCUT2D eigenvalue weighted by molar-refractivity contribution is 5.89. The van der Waals surface area contributed by atoms with Crippen LogP contribution in [-0.4, -0.2) is 31.2 Å². The number of aromatic nitrogens is 1. The van der Waals surface area contributed by atoms with E-state index in [9.17, 15) is 4.79 Å². The zero-order chi connectivity index (χ0) is 27.3. The molecule has 0 saturated heterocycles. The number of hydrogen-bond acceptors (Lipinski definition) is 4. The maximum atomic E-state index is 13.1. The molecule has 1 aliphatic carbocycles. The van der Waals surface area contributed by atoms with E-state index >= 15 is 0 Å². The Hall–Kier alpha value is -3.86. The number of aryl methyl sites for hydroxylation is 1. The molecule has 1 amide bonds. The first-order valence-corrected chi connectivity index (χ1v) is 14.0. The topological polar surface area (TPSA) is 60.5 Å². The second-order valence-corrected chi connectivity index (χ2v) is 10.2. The van der Waals surface area contributed by atoms with E-state index in [4.69, 9.17) is 9.47 Å².